The minimum Gasteiger partial charge on any atom is -0.408 e. The van der Waals surface area contributed by atoms with Crippen LogP contribution in [0.2, 0.25) is 0 Å². The lowest BCUT2D eigenvalue weighted by molar-refractivity contribution is 0.283. The van der Waals surface area contributed by atoms with Gasteiger partial charge in [-0.05, 0) is 12.1 Å². The maximum absolute atomic E-state index is 10.4. The molecule has 14 heavy (non-hydrogen) atoms. The number of rotatable bonds is 4. The van der Waals surface area contributed by atoms with Crippen molar-refractivity contribution < 1.29 is 28.0 Å². The van der Waals surface area contributed by atoms with Gasteiger partial charge < -0.3 is 9.05 Å². The van der Waals surface area contributed by atoms with Crippen LogP contribution in [-0.2, 0) is 9.13 Å². The zero-order valence-corrected chi connectivity index (χ0v) is 8.52. The normalized spacial score (nSPS) is 11.3. The fourth-order valence-corrected chi connectivity index (χ4v) is 1.36. The molecule has 1 aromatic carbocycles. The van der Waals surface area contributed by atoms with Crippen molar-refractivity contribution in [3.05, 3.63) is 24.3 Å². The van der Waals surface area contributed by atoms with Gasteiger partial charge in [0, 0.05) is 6.07 Å². The molecular formula is C6H6O6P2. The molecule has 0 aliphatic heterocycles. The third kappa shape index (κ3) is 3.85. The molecule has 0 bridgehead atoms. The maximum atomic E-state index is 10.4. The standard InChI is InChI=1S/C6H6O6P2/c7-13-11-5-2-1-3-6(4-5)12-14(8,9)10/h1-4H,(H2,8,9,10). The van der Waals surface area contributed by atoms with E-state index < -0.39 is 16.5 Å². The van der Waals surface area contributed by atoms with Gasteiger partial charge in [0.2, 0.25) is 0 Å². The molecule has 0 saturated carbocycles. The summed E-state index contributed by atoms with van der Waals surface area (Å²) in [5.41, 5.74) is 0. The van der Waals surface area contributed by atoms with Gasteiger partial charge in [-0.15, -0.1) is 0 Å². The molecule has 0 aromatic heterocycles. The van der Waals surface area contributed by atoms with Gasteiger partial charge in [0.25, 0.3) is 0 Å². The SMILES string of the molecule is O=POc1cccc(OP(=O)(O)O)c1. The van der Waals surface area contributed by atoms with Crippen LogP contribution < -0.4 is 9.05 Å². The van der Waals surface area contributed by atoms with E-state index in [-0.39, 0.29) is 11.5 Å². The van der Waals surface area contributed by atoms with E-state index in [1.807, 2.05) is 0 Å². The number of benzene rings is 1. The summed E-state index contributed by atoms with van der Waals surface area (Å²) >= 11 is 0. The van der Waals surface area contributed by atoms with Crippen LogP contribution in [0.1, 0.15) is 0 Å². The first-order chi connectivity index (χ1) is 6.51. The first-order valence-corrected chi connectivity index (χ1v) is 5.62. The summed E-state index contributed by atoms with van der Waals surface area (Å²) in [4.78, 5) is 17.0. The molecule has 0 radical (unpaired) electrons. The topological polar surface area (TPSA) is 93.1 Å². The van der Waals surface area contributed by atoms with E-state index in [9.17, 15) is 9.13 Å². The van der Waals surface area contributed by atoms with Crippen LogP contribution in [0.3, 0.4) is 0 Å². The van der Waals surface area contributed by atoms with Crippen molar-refractivity contribution >= 4 is 16.5 Å². The van der Waals surface area contributed by atoms with Gasteiger partial charge >= 0.3 is 16.5 Å². The van der Waals surface area contributed by atoms with Gasteiger partial charge in [0.15, 0.2) is 0 Å². The summed E-state index contributed by atoms with van der Waals surface area (Å²) in [7, 11) is -5.11. The van der Waals surface area contributed by atoms with Crippen LogP contribution in [0.5, 0.6) is 11.5 Å². The zero-order chi connectivity index (χ0) is 10.6. The van der Waals surface area contributed by atoms with Gasteiger partial charge in [-0.3, -0.25) is 9.79 Å². The summed E-state index contributed by atoms with van der Waals surface area (Å²) < 4.78 is 29.3. The van der Waals surface area contributed by atoms with Crippen LogP contribution in [0.15, 0.2) is 24.3 Å². The quantitative estimate of drug-likeness (QED) is 0.773. The fraction of sp³-hybridized carbons (Fsp3) is 0. The molecule has 0 amide bonds. The summed E-state index contributed by atoms with van der Waals surface area (Å²) in [5, 5.41) is 0. The molecule has 1 rings (SSSR count). The molecule has 6 nitrogen and oxygen atoms in total. The number of hydrogen-bond donors (Lipinski definition) is 2. The lowest BCUT2D eigenvalue weighted by Crippen LogP contribution is -1.89. The monoisotopic (exact) mass is 236 g/mol. The zero-order valence-electron chi connectivity index (χ0n) is 6.73. The second-order valence-electron chi connectivity index (χ2n) is 2.22. The smallest absolute Gasteiger partial charge is 0.408 e. The van der Waals surface area contributed by atoms with E-state index in [2.05, 4.69) is 9.05 Å². The van der Waals surface area contributed by atoms with Crippen molar-refractivity contribution in [1.29, 1.82) is 0 Å². The Morgan fingerprint density at radius 3 is 2.50 bits per heavy atom. The van der Waals surface area contributed by atoms with Crippen LogP contribution >= 0.6 is 16.5 Å². The van der Waals surface area contributed by atoms with Crippen molar-refractivity contribution in [2.45, 2.75) is 0 Å². The predicted octanol–water partition coefficient (Wildman–Crippen LogP) is 1.74. The van der Waals surface area contributed by atoms with E-state index in [1.54, 1.807) is 0 Å². The van der Waals surface area contributed by atoms with E-state index in [1.165, 1.54) is 24.3 Å². The highest BCUT2D eigenvalue weighted by Crippen LogP contribution is 2.38. The van der Waals surface area contributed by atoms with E-state index in [0.717, 1.165) is 0 Å². The van der Waals surface area contributed by atoms with Crippen molar-refractivity contribution in [2.24, 2.45) is 0 Å². The Kier molecular flexibility index (Phi) is 3.61. The largest absolute Gasteiger partial charge is 0.524 e. The van der Waals surface area contributed by atoms with Gasteiger partial charge in [-0.1, -0.05) is 6.07 Å². The Labute approximate surface area is 81.0 Å². The molecule has 0 spiro atoms. The van der Waals surface area contributed by atoms with Crippen LogP contribution in [0, 0.1) is 0 Å². The Morgan fingerprint density at radius 2 is 1.93 bits per heavy atom. The van der Waals surface area contributed by atoms with Crippen molar-refractivity contribution in [3.8, 4) is 11.5 Å². The van der Waals surface area contributed by atoms with Gasteiger partial charge in [-0.2, -0.15) is 0 Å². The average Bonchev–Trinajstić information content (AvgIpc) is 2.02. The lowest BCUT2D eigenvalue weighted by Gasteiger charge is -2.06. The highest BCUT2D eigenvalue weighted by molar-refractivity contribution is 7.46. The second-order valence-corrected chi connectivity index (χ2v) is 3.72. The number of hydrogen-bond acceptors (Lipinski definition) is 4. The van der Waals surface area contributed by atoms with Gasteiger partial charge in [0.1, 0.15) is 11.5 Å². The molecule has 0 heterocycles. The minimum atomic E-state index is -4.56. The van der Waals surface area contributed by atoms with Crippen LogP contribution in [-0.4, -0.2) is 9.79 Å². The van der Waals surface area contributed by atoms with Gasteiger partial charge in [0.05, 0.1) is 0 Å². The van der Waals surface area contributed by atoms with E-state index in [0.29, 0.717) is 0 Å². The summed E-state index contributed by atoms with van der Waals surface area (Å²) in [5.74, 6) is 0.132. The van der Waals surface area contributed by atoms with Crippen molar-refractivity contribution in [2.75, 3.05) is 0 Å². The second kappa shape index (κ2) is 4.53. The highest BCUT2D eigenvalue weighted by Gasteiger charge is 2.15. The summed E-state index contributed by atoms with van der Waals surface area (Å²) in [6.45, 7) is 0. The van der Waals surface area contributed by atoms with E-state index >= 15 is 0 Å². The van der Waals surface area contributed by atoms with Crippen LogP contribution in [0.4, 0.5) is 0 Å². The molecule has 0 saturated heterocycles. The molecule has 2 N–H and O–H groups in total. The molecule has 1 aromatic rings. The predicted molar refractivity (Wildman–Crippen MR) is 47.3 cm³/mol. The first kappa shape index (κ1) is 11.1. The van der Waals surface area contributed by atoms with E-state index in [4.69, 9.17) is 9.79 Å². The number of phosphoric ester groups is 1. The molecule has 0 aliphatic carbocycles. The maximum Gasteiger partial charge on any atom is 0.524 e. The summed E-state index contributed by atoms with van der Waals surface area (Å²) in [6.07, 6.45) is 0. The molecule has 0 unspecified atom stereocenters. The fourth-order valence-electron chi connectivity index (χ4n) is 0.768. The molecular weight excluding hydrogens is 230 g/mol. The Bertz CT molecular complexity index is 372. The van der Waals surface area contributed by atoms with Crippen LogP contribution in [0.25, 0.3) is 0 Å². The highest BCUT2D eigenvalue weighted by atomic mass is 31.2. The van der Waals surface area contributed by atoms with Gasteiger partial charge in [-0.25, -0.2) is 9.13 Å². The molecule has 0 atom stereocenters. The Morgan fingerprint density at radius 1 is 1.29 bits per heavy atom. The molecule has 8 heteroatoms. The Hall–Kier alpha value is -0.930. The summed E-state index contributed by atoms with van der Waals surface area (Å²) in [6, 6.07) is 5.47. The van der Waals surface area contributed by atoms with Crippen molar-refractivity contribution in [1.82, 2.24) is 0 Å². The first-order valence-electron chi connectivity index (χ1n) is 3.36. The molecule has 0 aliphatic rings. The minimum absolute atomic E-state index is 0.0560. The lowest BCUT2D eigenvalue weighted by atomic mass is 10.3. The third-order valence-electron chi connectivity index (χ3n) is 1.17. The molecule has 76 valence electrons. The molecule has 0 fully saturated rings. The Balaban J connectivity index is 2.83. The number of phosphoric acid groups is 1. The average molecular weight is 236 g/mol. The van der Waals surface area contributed by atoms with Crippen molar-refractivity contribution in [3.63, 3.8) is 0 Å². The third-order valence-corrected chi connectivity index (χ3v) is 1.91.